The van der Waals surface area contributed by atoms with E-state index in [0.717, 1.165) is 26.4 Å². The Balaban J connectivity index is 2.06. The van der Waals surface area contributed by atoms with E-state index in [2.05, 4.69) is 26.2 Å². The van der Waals surface area contributed by atoms with Gasteiger partial charge < -0.3 is 10.2 Å². The number of pyridine rings is 1. The summed E-state index contributed by atoms with van der Waals surface area (Å²) in [5.74, 6) is 0. The Hall–Kier alpha value is -1.26. The molecule has 0 atom stereocenters. The lowest BCUT2D eigenvalue weighted by Gasteiger charge is -2.15. The lowest BCUT2D eigenvalue weighted by Crippen LogP contribution is -2.09. The van der Waals surface area contributed by atoms with E-state index in [1.54, 1.807) is 6.20 Å². The van der Waals surface area contributed by atoms with Gasteiger partial charge in [-0.2, -0.15) is 0 Å². The molecule has 0 aliphatic carbocycles. The molecular weight excluding hydrogens is 326 g/mol. The van der Waals surface area contributed by atoms with E-state index in [9.17, 15) is 0 Å². The third kappa shape index (κ3) is 3.85. The molecule has 0 unspecified atom stereocenters. The van der Waals surface area contributed by atoms with Crippen LogP contribution in [0, 0.1) is 0 Å². The van der Waals surface area contributed by atoms with Gasteiger partial charge in [0.2, 0.25) is 0 Å². The largest absolute Gasteiger partial charge is 0.381 e. The molecule has 1 aromatic heterocycles. The fourth-order valence-electron chi connectivity index (χ4n) is 1.74. The number of anilines is 2. The number of aromatic nitrogens is 1. The van der Waals surface area contributed by atoms with E-state index in [1.807, 2.05) is 49.5 Å². The van der Waals surface area contributed by atoms with Crippen LogP contribution in [0.5, 0.6) is 0 Å². The van der Waals surface area contributed by atoms with Gasteiger partial charge >= 0.3 is 0 Å². The second kappa shape index (κ2) is 6.26. The minimum Gasteiger partial charge on any atom is -0.381 e. The van der Waals surface area contributed by atoms with Gasteiger partial charge in [-0.1, -0.05) is 11.6 Å². The van der Waals surface area contributed by atoms with Crippen LogP contribution in [0.25, 0.3) is 0 Å². The van der Waals surface area contributed by atoms with E-state index in [-0.39, 0.29) is 0 Å². The summed E-state index contributed by atoms with van der Waals surface area (Å²) in [5.41, 5.74) is 3.12. The molecule has 0 amide bonds. The lowest BCUT2D eigenvalue weighted by atomic mass is 10.2. The molecule has 2 aromatic rings. The van der Waals surface area contributed by atoms with Crippen LogP contribution in [0.1, 0.15) is 5.56 Å². The molecule has 0 saturated carbocycles. The molecular formula is C14H15BrClN3. The Kier molecular flexibility index (Phi) is 4.66. The van der Waals surface area contributed by atoms with Crippen molar-refractivity contribution >= 4 is 38.9 Å². The summed E-state index contributed by atoms with van der Waals surface area (Å²) in [4.78, 5) is 6.12. The molecule has 0 bridgehead atoms. The predicted octanol–water partition coefficient (Wildman–Crippen LogP) is 4.18. The molecule has 1 N–H and O–H groups in total. The van der Waals surface area contributed by atoms with Gasteiger partial charge in [0.25, 0.3) is 0 Å². The number of halogens is 2. The number of nitrogens with one attached hydrogen (secondary N) is 1. The number of hydrogen-bond acceptors (Lipinski definition) is 3. The van der Waals surface area contributed by atoms with Crippen LogP contribution in [-0.2, 0) is 6.54 Å². The van der Waals surface area contributed by atoms with Crippen molar-refractivity contribution in [1.82, 2.24) is 4.98 Å². The van der Waals surface area contributed by atoms with Crippen LogP contribution in [0.4, 0.5) is 11.4 Å². The van der Waals surface area contributed by atoms with Crippen molar-refractivity contribution in [3.8, 4) is 0 Å². The SMILES string of the molecule is CN(C)c1ccc(NCc2cncc(Br)c2)cc1Cl. The van der Waals surface area contributed by atoms with Crippen molar-refractivity contribution in [3.63, 3.8) is 0 Å². The van der Waals surface area contributed by atoms with Crippen molar-refractivity contribution in [2.45, 2.75) is 6.54 Å². The first-order valence-corrected chi connectivity index (χ1v) is 7.03. The van der Waals surface area contributed by atoms with Gasteiger partial charge in [0.15, 0.2) is 0 Å². The van der Waals surface area contributed by atoms with Gasteiger partial charge in [0.1, 0.15) is 0 Å². The van der Waals surface area contributed by atoms with E-state index < -0.39 is 0 Å². The Morgan fingerprint density at radius 2 is 2.05 bits per heavy atom. The van der Waals surface area contributed by atoms with Crippen LogP contribution in [0.15, 0.2) is 41.1 Å². The fraction of sp³-hybridized carbons (Fsp3) is 0.214. The maximum absolute atomic E-state index is 6.23. The van der Waals surface area contributed by atoms with Gasteiger partial charge in [0.05, 0.1) is 10.7 Å². The molecule has 1 aromatic carbocycles. The highest BCUT2D eigenvalue weighted by atomic mass is 79.9. The van der Waals surface area contributed by atoms with Crippen molar-refractivity contribution in [1.29, 1.82) is 0 Å². The van der Waals surface area contributed by atoms with Crippen LogP contribution < -0.4 is 10.2 Å². The van der Waals surface area contributed by atoms with E-state index in [1.165, 1.54) is 0 Å². The van der Waals surface area contributed by atoms with Crippen molar-refractivity contribution < 1.29 is 0 Å². The van der Waals surface area contributed by atoms with Gasteiger partial charge in [-0.25, -0.2) is 0 Å². The van der Waals surface area contributed by atoms with Crippen molar-refractivity contribution in [2.24, 2.45) is 0 Å². The third-order valence-electron chi connectivity index (χ3n) is 2.69. The quantitative estimate of drug-likeness (QED) is 0.905. The second-order valence-electron chi connectivity index (χ2n) is 4.43. The topological polar surface area (TPSA) is 28.2 Å². The minimum atomic E-state index is 0.712. The Morgan fingerprint density at radius 1 is 1.26 bits per heavy atom. The summed E-state index contributed by atoms with van der Waals surface area (Å²) in [6.07, 6.45) is 3.61. The monoisotopic (exact) mass is 339 g/mol. The van der Waals surface area contributed by atoms with Gasteiger partial charge in [-0.15, -0.1) is 0 Å². The zero-order valence-electron chi connectivity index (χ0n) is 10.8. The highest BCUT2D eigenvalue weighted by molar-refractivity contribution is 9.10. The summed E-state index contributed by atoms with van der Waals surface area (Å²) in [5, 5.41) is 4.07. The molecule has 0 fully saturated rings. The standard InChI is InChI=1S/C14H15BrClN3/c1-19(2)14-4-3-12(6-13(14)16)18-8-10-5-11(15)9-17-7-10/h3-7,9,18H,8H2,1-2H3. The maximum Gasteiger partial charge on any atom is 0.0659 e. The number of benzene rings is 1. The second-order valence-corrected chi connectivity index (χ2v) is 5.75. The van der Waals surface area contributed by atoms with E-state index in [4.69, 9.17) is 11.6 Å². The molecule has 2 rings (SSSR count). The molecule has 100 valence electrons. The summed E-state index contributed by atoms with van der Waals surface area (Å²) < 4.78 is 0.979. The molecule has 0 radical (unpaired) electrons. The minimum absolute atomic E-state index is 0.712. The summed E-state index contributed by atoms with van der Waals surface area (Å²) >= 11 is 9.64. The van der Waals surface area contributed by atoms with E-state index >= 15 is 0 Å². The summed E-state index contributed by atoms with van der Waals surface area (Å²) in [7, 11) is 3.95. The molecule has 0 aliphatic heterocycles. The van der Waals surface area contributed by atoms with E-state index in [0.29, 0.717) is 6.54 Å². The highest BCUT2D eigenvalue weighted by Gasteiger charge is 2.03. The Bertz CT molecular complexity index is 572. The Labute approximate surface area is 126 Å². The highest BCUT2D eigenvalue weighted by Crippen LogP contribution is 2.27. The molecule has 5 heteroatoms. The van der Waals surface area contributed by atoms with Gasteiger partial charge in [-0.05, 0) is 45.8 Å². The average Bonchev–Trinajstić information content (AvgIpc) is 2.36. The number of rotatable bonds is 4. The molecule has 0 spiro atoms. The third-order valence-corrected chi connectivity index (χ3v) is 3.42. The first-order chi connectivity index (χ1) is 9.06. The predicted molar refractivity (Wildman–Crippen MR) is 85.0 cm³/mol. The molecule has 0 aliphatic rings. The van der Waals surface area contributed by atoms with Crippen LogP contribution in [0.3, 0.4) is 0 Å². The van der Waals surface area contributed by atoms with Crippen LogP contribution >= 0.6 is 27.5 Å². The fourth-order valence-corrected chi connectivity index (χ4v) is 2.50. The van der Waals surface area contributed by atoms with Crippen molar-refractivity contribution in [3.05, 3.63) is 51.7 Å². The molecule has 0 saturated heterocycles. The number of nitrogens with zero attached hydrogens (tertiary/aromatic N) is 2. The molecule has 3 nitrogen and oxygen atoms in total. The van der Waals surface area contributed by atoms with Crippen molar-refractivity contribution in [2.75, 3.05) is 24.3 Å². The Morgan fingerprint density at radius 3 is 2.68 bits per heavy atom. The number of hydrogen-bond donors (Lipinski definition) is 1. The maximum atomic E-state index is 6.23. The lowest BCUT2D eigenvalue weighted by molar-refractivity contribution is 1.10. The first kappa shape index (κ1) is 14.2. The van der Waals surface area contributed by atoms with Crippen LogP contribution in [0.2, 0.25) is 5.02 Å². The zero-order chi connectivity index (χ0) is 13.8. The molecule has 1 heterocycles. The smallest absolute Gasteiger partial charge is 0.0659 e. The summed E-state index contributed by atoms with van der Waals surface area (Å²) in [6, 6.07) is 7.99. The summed E-state index contributed by atoms with van der Waals surface area (Å²) in [6.45, 7) is 0.712. The van der Waals surface area contributed by atoms with Gasteiger partial charge in [0, 0.05) is 43.2 Å². The van der Waals surface area contributed by atoms with Gasteiger partial charge in [-0.3, -0.25) is 4.98 Å². The average molecular weight is 341 g/mol. The van der Waals surface area contributed by atoms with Crippen LogP contribution in [-0.4, -0.2) is 19.1 Å². The first-order valence-electron chi connectivity index (χ1n) is 5.86. The normalized spacial score (nSPS) is 10.3. The zero-order valence-corrected chi connectivity index (χ0v) is 13.2. The molecule has 19 heavy (non-hydrogen) atoms.